The van der Waals surface area contributed by atoms with E-state index in [1.54, 1.807) is 6.07 Å². The number of aliphatic hydroxyl groups is 1. The highest BCUT2D eigenvalue weighted by Crippen LogP contribution is 2.41. The summed E-state index contributed by atoms with van der Waals surface area (Å²) in [4.78, 5) is 26.4. The molecular formula is C19H17FN2O3. The van der Waals surface area contributed by atoms with Crippen molar-refractivity contribution >= 4 is 11.9 Å². The minimum absolute atomic E-state index is 0.210. The lowest BCUT2D eigenvalue weighted by atomic mass is 9.92. The van der Waals surface area contributed by atoms with Crippen LogP contribution in [0.4, 0.5) is 9.18 Å². The van der Waals surface area contributed by atoms with Gasteiger partial charge in [0.25, 0.3) is 5.91 Å². The number of benzene rings is 2. The molecule has 2 N–H and O–H groups in total. The summed E-state index contributed by atoms with van der Waals surface area (Å²) in [5.74, 6) is -0.840. The number of halogens is 1. The maximum Gasteiger partial charge on any atom is 0.325 e. The molecule has 2 unspecified atom stereocenters. The molecule has 4 rings (SSSR count). The molecule has 0 radical (unpaired) electrons. The molecule has 6 heteroatoms. The van der Waals surface area contributed by atoms with Gasteiger partial charge in [0.05, 0.1) is 12.6 Å². The second-order valence-corrected chi connectivity index (χ2v) is 6.48. The van der Waals surface area contributed by atoms with Crippen LogP contribution in [0.25, 0.3) is 0 Å². The van der Waals surface area contributed by atoms with Gasteiger partial charge in [-0.05, 0) is 41.7 Å². The molecular weight excluding hydrogens is 323 g/mol. The van der Waals surface area contributed by atoms with Crippen LogP contribution in [0.15, 0.2) is 48.5 Å². The SMILES string of the molecule is O=C1NC2(CCc3ccccc32)C(=O)N1CC(O)c1cccc(F)c1. The number of aryl methyl sites for hydroxylation is 1. The maximum atomic E-state index is 13.3. The summed E-state index contributed by atoms with van der Waals surface area (Å²) in [5, 5.41) is 13.1. The van der Waals surface area contributed by atoms with E-state index >= 15 is 0 Å². The summed E-state index contributed by atoms with van der Waals surface area (Å²) < 4.78 is 13.3. The number of hydrogen-bond donors (Lipinski definition) is 2. The predicted molar refractivity (Wildman–Crippen MR) is 88.0 cm³/mol. The van der Waals surface area contributed by atoms with E-state index in [9.17, 15) is 19.1 Å². The number of rotatable bonds is 3. The number of β-amino-alcohol motifs (C(OH)–C–C–N with tert-alkyl or cyclic N) is 1. The van der Waals surface area contributed by atoms with Crippen molar-refractivity contribution in [2.45, 2.75) is 24.5 Å². The van der Waals surface area contributed by atoms with Gasteiger partial charge >= 0.3 is 6.03 Å². The van der Waals surface area contributed by atoms with Crippen molar-refractivity contribution in [3.8, 4) is 0 Å². The fraction of sp³-hybridized carbons (Fsp3) is 0.263. The van der Waals surface area contributed by atoms with Gasteiger partial charge in [-0.2, -0.15) is 0 Å². The van der Waals surface area contributed by atoms with Crippen molar-refractivity contribution in [3.05, 3.63) is 71.0 Å². The fourth-order valence-corrected chi connectivity index (χ4v) is 3.75. The molecule has 1 heterocycles. The minimum atomic E-state index is -1.14. The van der Waals surface area contributed by atoms with Crippen molar-refractivity contribution in [2.24, 2.45) is 0 Å². The summed E-state index contributed by atoms with van der Waals surface area (Å²) in [7, 11) is 0. The molecule has 1 aliphatic heterocycles. The quantitative estimate of drug-likeness (QED) is 0.842. The Bertz CT molecular complexity index is 869. The first-order chi connectivity index (χ1) is 12.0. The number of nitrogens with one attached hydrogen (secondary N) is 1. The highest BCUT2D eigenvalue weighted by molar-refractivity contribution is 6.08. The summed E-state index contributed by atoms with van der Waals surface area (Å²) in [5.41, 5.74) is 1.14. The first kappa shape index (κ1) is 15.8. The minimum Gasteiger partial charge on any atom is -0.387 e. The Kier molecular flexibility index (Phi) is 3.58. The molecule has 2 aromatic rings. The standard InChI is InChI=1S/C19H17FN2O3/c20-14-6-3-5-13(10-14)16(23)11-22-17(24)19(21-18(22)25)9-8-12-4-1-2-7-15(12)19/h1-7,10,16,23H,8-9,11H2,(H,21,25). The highest BCUT2D eigenvalue weighted by Gasteiger charge is 2.55. The smallest absolute Gasteiger partial charge is 0.325 e. The zero-order valence-corrected chi connectivity index (χ0v) is 13.4. The van der Waals surface area contributed by atoms with Gasteiger partial charge in [-0.15, -0.1) is 0 Å². The van der Waals surface area contributed by atoms with E-state index in [4.69, 9.17) is 0 Å². The van der Waals surface area contributed by atoms with Crippen molar-refractivity contribution in [2.75, 3.05) is 6.54 Å². The van der Waals surface area contributed by atoms with Gasteiger partial charge < -0.3 is 10.4 Å². The van der Waals surface area contributed by atoms with Crippen LogP contribution in [0.2, 0.25) is 0 Å². The topological polar surface area (TPSA) is 69.6 Å². The van der Waals surface area contributed by atoms with Crippen molar-refractivity contribution in [3.63, 3.8) is 0 Å². The van der Waals surface area contributed by atoms with Gasteiger partial charge in [0.2, 0.25) is 0 Å². The number of fused-ring (bicyclic) bond motifs is 2. The number of imide groups is 1. The van der Waals surface area contributed by atoms with E-state index in [-0.39, 0.29) is 12.5 Å². The lowest BCUT2D eigenvalue weighted by Gasteiger charge is -2.23. The van der Waals surface area contributed by atoms with E-state index < -0.39 is 23.5 Å². The Morgan fingerprint density at radius 3 is 2.80 bits per heavy atom. The summed E-state index contributed by atoms with van der Waals surface area (Å²) >= 11 is 0. The molecule has 1 spiro atoms. The van der Waals surface area contributed by atoms with E-state index in [1.165, 1.54) is 18.2 Å². The molecule has 25 heavy (non-hydrogen) atoms. The zero-order chi connectivity index (χ0) is 17.6. The third-order valence-electron chi connectivity index (χ3n) is 5.01. The Balaban J connectivity index is 1.61. The number of carbonyl (C=O) groups excluding carboxylic acids is 2. The molecule has 0 aromatic heterocycles. The first-order valence-electron chi connectivity index (χ1n) is 8.17. The molecule has 1 aliphatic carbocycles. The number of amides is 3. The number of hydrogen-bond acceptors (Lipinski definition) is 3. The van der Waals surface area contributed by atoms with E-state index in [1.807, 2.05) is 24.3 Å². The largest absolute Gasteiger partial charge is 0.387 e. The molecule has 2 aromatic carbocycles. The van der Waals surface area contributed by atoms with Crippen LogP contribution in [0.1, 0.15) is 29.2 Å². The lowest BCUT2D eigenvalue weighted by Crippen LogP contribution is -2.42. The van der Waals surface area contributed by atoms with Crippen LogP contribution >= 0.6 is 0 Å². The Morgan fingerprint density at radius 2 is 2.00 bits per heavy atom. The van der Waals surface area contributed by atoms with Crippen LogP contribution in [0.3, 0.4) is 0 Å². The van der Waals surface area contributed by atoms with Gasteiger partial charge in [0, 0.05) is 0 Å². The fourth-order valence-electron chi connectivity index (χ4n) is 3.75. The van der Waals surface area contributed by atoms with Crippen LogP contribution in [0.5, 0.6) is 0 Å². The lowest BCUT2D eigenvalue weighted by molar-refractivity contribution is -0.132. The zero-order valence-electron chi connectivity index (χ0n) is 13.4. The molecule has 128 valence electrons. The number of aliphatic hydroxyl groups excluding tert-OH is 1. The average Bonchev–Trinajstić information content (AvgIpc) is 3.09. The summed E-state index contributed by atoms with van der Waals surface area (Å²) in [6.45, 7) is -0.210. The molecule has 1 fully saturated rings. The molecule has 5 nitrogen and oxygen atoms in total. The monoisotopic (exact) mass is 340 g/mol. The van der Waals surface area contributed by atoms with Crippen LogP contribution in [-0.4, -0.2) is 28.5 Å². The summed E-state index contributed by atoms with van der Waals surface area (Å²) in [6, 6.07) is 12.5. The average molecular weight is 340 g/mol. The molecule has 1 saturated heterocycles. The predicted octanol–water partition coefficient (Wildman–Crippen LogP) is 2.25. The maximum absolute atomic E-state index is 13.3. The third kappa shape index (κ3) is 2.41. The van der Waals surface area contributed by atoms with Gasteiger partial charge in [0.15, 0.2) is 0 Å². The van der Waals surface area contributed by atoms with E-state index in [0.717, 1.165) is 16.0 Å². The van der Waals surface area contributed by atoms with Crippen LogP contribution in [-0.2, 0) is 16.8 Å². The van der Waals surface area contributed by atoms with Crippen molar-refractivity contribution < 1.29 is 19.1 Å². The second kappa shape index (κ2) is 5.67. The van der Waals surface area contributed by atoms with Gasteiger partial charge in [-0.25, -0.2) is 9.18 Å². The summed E-state index contributed by atoms with van der Waals surface area (Å²) in [6.07, 6.45) is 0.0728. The molecule has 2 aliphatic rings. The van der Waals surface area contributed by atoms with Crippen LogP contribution < -0.4 is 5.32 Å². The van der Waals surface area contributed by atoms with E-state index in [0.29, 0.717) is 18.4 Å². The Morgan fingerprint density at radius 1 is 1.20 bits per heavy atom. The van der Waals surface area contributed by atoms with Gasteiger partial charge in [-0.3, -0.25) is 9.69 Å². The highest BCUT2D eigenvalue weighted by atomic mass is 19.1. The van der Waals surface area contributed by atoms with Gasteiger partial charge in [0.1, 0.15) is 11.4 Å². The van der Waals surface area contributed by atoms with Crippen LogP contribution in [0, 0.1) is 5.82 Å². The third-order valence-corrected chi connectivity index (χ3v) is 5.01. The second-order valence-electron chi connectivity index (χ2n) is 6.48. The van der Waals surface area contributed by atoms with Crippen molar-refractivity contribution in [1.29, 1.82) is 0 Å². The Hall–Kier alpha value is -2.73. The normalized spacial score (nSPS) is 23.0. The number of urea groups is 1. The molecule has 0 saturated carbocycles. The Labute approximate surface area is 144 Å². The molecule has 3 amide bonds. The van der Waals surface area contributed by atoms with Gasteiger partial charge in [-0.1, -0.05) is 36.4 Å². The van der Waals surface area contributed by atoms with E-state index in [2.05, 4.69) is 5.32 Å². The first-order valence-corrected chi connectivity index (χ1v) is 8.17. The molecule has 0 bridgehead atoms. The number of nitrogens with zero attached hydrogens (tertiary/aromatic N) is 1. The number of carbonyl (C=O) groups is 2. The van der Waals surface area contributed by atoms with Crippen molar-refractivity contribution in [1.82, 2.24) is 10.2 Å². The molecule has 2 atom stereocenters.